The largest absolute Gasteiger partial charge is 0.497 e. The van der Waals surface area contributed by atoms with Gasteiger partial charge >= 0.3 is 5.97 Å². The first-order chi connectivity index (χ1) is 22.0. The number of ketones is 1. The number of hydrogen-bond acceptors (Lipinski definition) is 7. The van der Waals surface area contributed by atoms with Crippen molar-refractivity contribution in [2.75, 3.05) is 37.6 Å². The molecule has 0 saturated heterocycles. The van der Waals surface area contributed by atoms with E-state index < -0.39 is 12.0 Å². The molecule has 0 bridgehead atoms. The Labute approximate surface area is 263 Å². The van der Waals surface area contributed by atoms with E-state index in [1.54, 1.807) is 42.3 Å². The minimum absolute atomic E-state index is 0.0512. The van der Waals surface area contributed by atoms with Crippen molar-refractivity contribution in [3.63, 3.8) is 0 Å². The van der Waals surface area contributed by atoms with E-state index in [4.69, 9.17) is 14.2 Å². The molecule has 1 N–H and O–H groups in total. The standard InChI is InChI=1S/C37H38N2O6/c1-43-31-15-9-14-29(25-31)39(36(41)28-12-8-13-28)22-23-45-30-20-18-26(19-21-30)24-34(37(42)44-2)38-33-17-7-6-16-32(33)35(40)27-10-4-3-5-11-27/h3-7,9-11,14-21,25,28,34,38H,8,12-13,22-24H2,1-2H3. The SMILES string of the molecule is COC(=O)C(Cc1ccc(OCCN(C(=O)C2CCC2)c2cccc(OC)c2)cc1)Nc1ccccc1C(=O)c1ccccc1. The molecule has 0 radical (unpaired) electrons. The van der Waals surface area contributed by atoms with Crippen molar-refractivity contribution in [3.8, 4) is 11.5 Å². The van der Waals surface area contributed by atoms with Crippen LogP contribution < -0.4 is 19.7 Å². The Kier molecular flexibility index (Phi) is 10.5. The lowest BCUT2D eigenvalue weighted by Gasteiger charge is -2.32. The van der Waals surface area contributed by atoms with E-state index in [1.807, 2.05) is 72.8 Å². The first-order valence-electron chi connectivity index (χ1n) is 15.2. The number of nitrogens with one attached hydrogen (secondary N) is 1. The molecule has 8 nitrogen and oxygen atoms in total. The Morgan fingerprint density at radius 2 is 1.58 bits per heavy atom. The van der Waals surface area contributed by atoms with Gasteiger partial charge in [0.1, 0.15) is 24.1 Å². The van der Waals surface area contributed by atoms with Crippen LogP contribution in [0, 0.1) is 5.92 Å². The molecule has 0 spiro atoms. The maximum Gasteiger partial charge on any atom is 0.328 e. The molecule has 232 valence electrons. The summed E-state index contributed by atoms with van der Waals surface area (Å²) in [6, 6.07) is 30.5. The summed E-state index contributed by atoms with van der Waals surface area (Å²) in [6.07, 6.45) is 3.24. The summed E-state index contributed by atoms with van der Waals surface area (Å²) in [5.74, 6) is 0.939. The lowest BCUT2D eigenvalue weighted by molar-refractivity contribution is -0.141. The number of benzene rings is 4. The fourth-order valence-electron chi connectivity index (χ4n) is 5.31. The van der Waals surface area contributed by atoms with Gasteiger partial charge in [0.15, 0.2) is 5.78 Å². The van der Waals surface area contributed by atoms with Crippen LogP contribution >= 0.6 is 0 Å². The maximum atomic E-state index is 13.2. The first kappa shape index (κ1) is 31.3. The molecule has 4 aromatic rings. The number of anilines is 2. The minimum atomic E-state index is -0.722. The number of para-hydroxylation sites is 1. The van der Waals surface area contributed by atoms with Crippen molar-refractivity contribution in [1.82, 2.24) is 0 Å². The van der Waals surface area contributed by atoms with Gasteiger partial charge in [-0.2, -0.15) is 0 Å². The number of nitrogens with zero attached hydrogens (tertiary/aromatic N) is 1. The zero-order valence-electron chi connectivity index (χ0n) is 25.6. The van der Waals surface area contributed by atoms with E-state index in [2.05, 4.69) is 5.32 Å². The van der Waals surface area contributed by atoms with Crippen molar-refractivity contribution in [1.29, 1.82) is 0 Å². The van der Waals surface area contributed by atoms with E-state index in [1.165, 1.54) is 7.11 Å². The molecule has 8 heteroatoms. The summed E-state index contributed by atoms with van der Waals surface area (Å²) in [5.41, 5.74) is 3.27. The van der Waals surface area contributed by atoms with E-state index >= 15 is 0 Å². The highest BCUT2D eigenvalue weighted by Crippen LogP contribution is 2.31. The predicted octanol–water partition coefficient (Wildman–Crippen LogP) is 6.33. The van der Waals surface area contributed by atoms with Gasteiger partial charge in [0.25, 0.3) is 0 Å². The van der Waals surface area contributed by atoms with Gasteiger partial charge in [0.2, 0.25) is 5.91 Å². The Morgan fingerprint density at radius 3 is 2.27 bits per heavy atom. The topological polar surface area (TPSA) is 94.2 Å². The number of hydrogen-bond donors (Lipinski definition) is 1. The Hall–Kier alpha value is -5.11. The Bertz CT molecular complexity index is 1600. The number of ether oxygens (including phenoxy) is 3. The zero-order valence-corrected chi connectivity index (χ0v) is 25.6. The normalized spacial score (nSPS) is 13.2. The lowest BCUT2D eigenvalue weighted by atomic mass is 9.84. The average Bonchev–Trinajstić information content (AvgIpc) is 3.06. The summed E-state index contributed by atoms with van der Waals surface area (Å²) < 4.78 is 16.5. The molecular formula is C37H38N2O6. The molecule has 45 heavy (non-hydrogen) atoms. The van der Waals surface area contributed by atoms with Gasteiger partial charge in [-0.25, -0.2) is 4.79 Å². The molecule has 1 aliphatic carbocycles. The highest BCUT2D eigenvalue weighted by molar-refractivity contribution is 6.12. The molecule has 0 aliphatic heterocycles. The van der Waals surface area contributed by atoms with Gasteiger partial charge < -0.3 is 24.4 Å². The summed E-state index contributed by atoms with van der Waals surface area (Å²) >= 11 is 0. The van der Waals surface area contributed by atoms with Crippen molar-refractivity contribution >= 4 is 29.0 Å². The molecule has 4 aromatic carbocycles. The predicted molar refractivity (Wildman–Crippen MR) is 174 cm³/mol. The molecule has 1 saturated carbocycles. The molecular weight excluding hydrogens is 568 g/mol. The van der Waals surface area contributed by atoms with Gasteiger partial charge in [-0.15, -0.1) is 0 Å². The van der Waals surface area contributed by atoms with Crippen molar-refractivity contribution < 1.29 is 28.6 Å². The number of methoxy groups -OCH3 is 2. The number of rotatable bonds is 14. The molecule has 1 fully saturated rings. The van der Waals surface area contributed by atoms with E-state index in [0.717, 1.165) is 30.5 Å². The monoisotopic (exact) mass is 606 g/mol. The van der Waals surface area contributed by atoms with Crippen molar-refractivity contribution in [2.45, 2.75) is 31.7 Å². The fourth-order valence-corrected chi connectivity index (χ4v) is 5.31. The average molecular weight is 607 g/mol. The molecule has 0 aromatic heterocycles. The van der Waals surface area contributed by atoms with Crippen LogP contribution in [0.4, 0.5) is 11.4 Å². The van der Waals surface area contributed by atoms with Crippen LogP contribution in [0.25, 0.3) is 0 Å². The van der Waals surface area contributed by atoms with Crippen LogP contribution in [0.2, 0.25) is 0 Å². The van der Waals surface area contributed by atoms with Crippen molar-refractivity contribution in [2.24, 2.45) is 5.92 Å². The van der Waals surface area contributed by atoms with Crippen molar-refractivity contribution in [3.05, 3.63) is 120 Å². The van der Waals surface area contributed by atoms with Gasteiger partial charge in [-0.05, 0) is 54.8 Å². The van der Waals surface area contributed by atoms with Gasteiger partial charge in [-0.3, -0.25) is 9.59 Å². The highest BCUT2D eigenvalue weighted by atomic mass is 16.5. The summed E-state index contributed by atoms with van der Waals surface area (Å²) in [7, 11) is 2.96. The second kappa shape index (κ2) is 15.1. The van der Waals surface area contributed by atoms with Crippen LogP contribution in [-0.2, 0) is 20.7 Å². The summed E-state index contributed by atoms with van der Waals surface area (Å²) in [5, 5.41) is 3.24. The van der Waals surface area contributed by atoms with Crippen LogP contribution in [0.15, 0.2) is 103 Å². The minimum Gasteiger partial charge on any atom is -0.497 e. The highest BCUT2D eigenvalue weighted by Gasteiger charge is 2.30. The summed E-state index contributed by atoms with van der Waals surface area (Å²) in [4.78, 5) is 41.0. The van der Waals surface area contributed by atoms with Crippen LogP contribution in [0.5, 0.6) is 11.5 Å². The molecule has 1 amide bonds. The molecule has 1 atom stereocenters. The Morgan fingerprint density at radius 1 is 0.844 bits per heavy atom. The second-order valence-electron chi connectivity index (χ2n) is 11.0. The quantitative estimate of drug-likeness (QED) is 0.132. The third kappa shape index (κ3) is 7.89. The van der Waals surface area contributed by atoms with Gasteiger partial charge in [-0.1, -0.05) is 67.1 Å². The summed E-state index contributed by atoms with van der Waals surface area (Å²) in [6.45, 7) is 0.716. The van der Waals surface area contributed by atoms with E-state index in [0.29, 0.717) is 47.9 Å². The van der Waals surface area contributed by atoms with E-state index in [9.17, 15) is 14.4 Å². The smallest absolute Gasteiger partial charge is 0.328 e. The zero-order chi connectivity index (χ0) is 31.6. The van der Waals surface area contributed by atoms with Crippen LogP contribution in [0.3, 0.4) is 0 Å². The van der Waals surface area contributed by atoms with Gasteiger partial charge in [0.05, 0.1) is 20.8 Å². The van der Waals surface area contributed by atoms with Gasteiger partial charge in [0, 0.05) is 40.9 Å². The van der Waals surface area contributed by atoms with Crippen LogP contribution in [0.1, 0.15) is 40.7 Å². The molecule has 5 rings (SSSR count). The number of carbonyl (C=O) groups is 3. The third-order valence-corrected chi connectivity index (χ3v) is 8.06. The lowest BCUT2D eigenvalue weighted by Crippen LogP contribution is -2.41. The molecule has 1 unspecified atom stereocenters. The van der Waals surface area contributed by atoms with Crippen LogP contribution in [-0.4, -0.2) is 51.1 Å². The number of amides is 1. The number of esters is 1. The second-order valence-corrected chi connectivity index (χ2v) is 11.0. The fraction of sp³-hybridized carbons (Fsp3) is 0.270. The van der Waals surface area contributed by atoms with E-state index in [-0.39, 0.29) is 17.6 Å². The Balaban J connectivity index is 1.23. The third-order valence-electron chi connectivity index (χ3n) is 8.06. The molecule has 0 heterocycles. The maximum absolute atomic E-state index is 13.2. The number of carbonyl (C=O) groups excluding carboxylic acids is 3. The molecule has 1 aliphatic rings. The first-order valence-corrected chi connectivity index (χ1v) is 15.2.